The lowest BCUT2D eigenvalue weighted by molar-refractivity contribution is 0.274. The normalized spacial score (nSPS) is 10.7. The van der Waals surface area contributed by atoms with Crippen LogP contribution in [-0.4, -0.2) is 6.61 Å². The first kappa shape index (κ1) is 12.0. The first-order valence-corrected chi connectivity index (χ1v) is 5.25. The van der Waals surface area contributed by atoms with Crippen LogP contribution in [0.2, 0.25) is 0 Å². The van der Waals surface area contributed by atoms with Gasteiger partial charge in [-0.15, -0.1) is 0 Å². The predicted molar refractivity (Wildman–Crippen MR) is 59.2 cm³/mol. The van der Waals surface area contributed by atoms with E-state index in [1.165, 1.54) is 6.07 Å². The molecule has 1 aromatic rings. The van der Waals surface area contributed by atoms with Gasteiger partial charge in [0.15, 0.2) is 11.6 Å². The highest BCUT2D eigenvalue weighted by atomic mass is 19.1. The zero-order valence-corrected chi connectivity index (χ0v) is 9.29. The van der Waals surface area contributed by atoms with Crippen LogP contribution in [0.4, 0.5) is 4.39 Å². The average Bonchev–Trinajstić information content (AvgIpc) is 2.20. The Morgan fingerprint density at radius 1 is 1.40 bits per heavy atom. The summed E-state index contributed by atoms with van der Waals surface area (Å²) in [5.74, 6) is 0.528. The minimum absolute atomic E-state index is 0.300. The smallest absolute Gasteiger partial charge is 0.165 e. The van der Waals surface area contributed by atoms with E-state index in [0.29, 0.717) is 24.8 Å². The average molecular weight is 211 g/mol. The van der Waals surface area contributed by atoms with Gasteiger partial charge in [-0.2, -0.15) is 0 Å². The van der Waals surface area contributed by atoms with Crippen molar-refractivity contribution in [2.45, 2.75) is 26.8 Å². The Balaban J connectivity index is 2.66. The molecule has 0 aliphatic heterocycles. The van der Waals surface area contributed by atoms with E-state index >= 15 is 0 Å². The van der Waals surface area contributed by atoms with Gasteiger partial charge in [-0.3, -0.25) is 0 Å². The fourth-order valence-electron chi connectivity index (χ4n) is 1.27. The SMILES string of the molecule is CC(C)CCOc1c(F)cccc1CN. The van der Waals surface area contributed by atoms with Crippen molar-refractivity contribution in [2.24, 2.45) is 11.7 Å². The van der Waals surface area contributed by atoms with Crippen LogP contribution >= 0.6 is 0 Å². The molecule has 0 saturated carbocycles. The number of benzene rings is 1. The van der Waals surface area contributed by atoms with Gasteiger partial charge in [0.25, 0.3) is 0 Å². The van der Waals surface area contributed by atoms with Gasteiger partial charge in [0, 0.05) is 12.1 Å². The van der Waals surface area contributed by atoms with Gasteiger partial charge in [-0.05, 0) is 18.4 Å². The van der Waals surface area contributed by atoms with Crippen LogP contribution in [0.15, 0.2) is 18.2 Å². The molecule has 2 N–H and O–H groups in total. The second-order valence-corrected chi connectivity index (χ2v) is 3.96. The Bertz CT molecular complexity index is 312. The number of ether oxygens (including phenoxy) is 1. The highest BCUT2D eigenvalue weighted by molar-refractivity contribution is 5.34. The van der Waals surface area contributed by atoms with Crippen LogP contribution in [0.5, 0.6) is 5.75 Å². The minimum atomic E-state index is -0.332. The Morgan fingerprint density at radius 3 is 2.73 bits per heavy atom. The molecular weight excluding hydrogens is 193 g/mol. The highest BCUT2D eigenvalue weighted by Crippen LogP contribution is 2.22. The van der Waals surface area contributed by atoms with Crippen molar-refractivity contribution in [3.63, 3.8) is 0 Å². The quantitative estimate of drug-likeness (QED) is 0.812. The molecule has 0 unspecified atom stereocenters. The lowest BCUT2D eigenvalue weighted by Gasteiger charge is -2.12. The van der Waals surface area contributed by atoms with Crippen LogP contribution in [0.25, 0.3) is 0 Å². The van der Waals surface area contributed by atoms with Crippen LogP contribution < -0.4 is 10.5 Å². The van der Waals surface area contributed by atoms with E-state index < -0.39 is 0 Å². The molecule has 1 aromatic carbocycles. The molecule has 0 heterocycles. The summed E-state index contributed by atoms with van der Waals surface area (Å²) in [6, 6.07) is 4.82. The molecular formula is C12H18FNO. The van der Waals surface area contributed by atoms with Gasteiger partial charge in [0.05, 0.1) is 6.61 Å². The third-order valence-electron chi connectivity index (χ3n) is 2.21. The summed E-state index contributed by atoms with van der Waals surface area (Å²) in [5, 5.41) is 0. The molecule has 84 valence electrons. The number of halogens is 1. The topological polar surface area (TPSA) is 35.2 Å². The second kappa shape index (κ2) is 5.71. The molecule has 0 aromatic heterocycles. The summed E-state index contributed by atoms with van der Waals surface area (Å²) in [4.78, 5) is 0. The van der Waals surface area contributed by atoms with Gasteiger partial charge >= 0.3 is 0 Å². The maximum atomic E-state index is 13.4. The molecule has 15 heavy (non-hydrogen) atoms. The molecule has 0 atom stereocenters. The molecule has 0 aliphatic carbocycles. The summed E-state index contributed by atoms with van der Waals surface area (Å²) in [5.41, 5.74) is 6.23. The summed E-state index contributed by atoms with van der Waals surface area (Å²) >= 11 is 0. The van der Waals surface area contributed by atoms with Gasteiger partial charge in [0.1, 0.15) is 0 Å². The minimum Gasteiger partial charge on any atom is -0.490 e. The van der Waals surface area contributed by atoms with E-state index in [4.69, 9.17) is 10.5 Å². The Kier molecular flexibility index (Phi) is 4.56. The maximum absolute atomic E-state index is 13.4. The van der Waals surface area contributed by atoms with Crippen LogP contribution in [0.3, 0.4) is 0 Å². The van der Waals surface area contributed by atoms with Gasteiger partial charge in [-0.25, -0.2) is 4.39 Å². The van der Waals surface area contributed by atoms with E-state index in [1.54, 1.807) is 12.1 Å². The third kappa shape index (κ3) is 3.51. The number of para-hydroxylation sites is 1. The van der Waals surface area contributed by atoms with Crippen molar-refractivity contribution in [3.05, 3.63) is 29.6 Å². The fourth-order valence-corrected chi connectivity index (χ4v) is 1.27. The van der Waals surface area contributed by atoms with E-state index in [2.05, 4.69) is 13.8 Å². The van der Waals surface area contributed by atoms with Crippen molar-refractivity contribution in [1.29, 1.82) is 0 Å². The molecule has 0 radical (unpaired) electrons. The summed E-state index contributed by atoms with van der Waals surface area (Å²) in [6.07, 6.45) is 0.915. The molecule has 0 spiro atoms. The highest BCUT2D eigenvalue weighted by Gasteiger charge is 2.08. The fraction of sp³-hybridized carbons (Fsp3) is 0.500. The second-order valence-electron chi connectivity index (χ2n) is 3.96. The summed E-state index contributed by atoms with van der Waals surface area (Å²) in [6.45, 7) is 5.05. The van der Waals surface area contributed by atoms with Crippen molar-refractivity contribution in [1.82, 2.24) is 0 Å². The molecule has 3 heteroatoms. The van der Waals surface area contributed by atoms with Gasteiger partial charge in [-0.1, -0.05) is 26.0 Å². The predicted octanol–water partition coefficient (Wildman–Crippen LogP) is 2.71. The number of hydrogen-bond donors (Lipinski definition) is 1. The Hall–Kier alpha value is -1.09. The van der Waals surface area contributed by atoms with Gasteiger partial charge in [0.2, 0.25) is 0 Å². The zero-order valence-electron chi connectivity index (χ0n) is 9.29. The molecule has 2 nitrogen and oxygen atoms in total. The van der Waals surface area contributed by atoms with Crippen LogP contribution in [-0.2, 0) is 6.54 Å². The number of rotatable bonds is 5. The molecule has 0 fully saturated rings. The molecule has 0 aliphatic rings. The molecule has 0 saturated heterocycles. The van der Waals surface area contributed by atoms with Crippen molar-refractivity contribution in [2.75, 3.05) is 6.61 Å². The Labute approximate surface area is 90.2 Å². The van der Waals surface area contributed by atoms with Gasteiger partial charge < -0.3 is 10.5 Å². The van der Waals surface area contributed by atoms with E-state index in [-0.39, 0.29) is 5.82 Å². The number of hydrogen-bond acceptors (Lipinski definition) is 2. The first-order valence-electron chi connectivity index (χ1n) is 5.25. The van der Waals surface area contributed by atoms with E-state index in [0.717, 1.165) is 12.0 Å². The first-order chi connectivity index (χ1) is 7.15. The van der Waals surface area contributed by atoms with Crippen LogP contribution in [0, 0.1) is 11.7 Å². The maximum Gasteiger partial charge on any atom is 0.165 e. The van der Waals surface area contributed by atoms with E-state index in [1.807, 2.05) is 0 Å². The van der Waals surface area contributed by atoms with Crippen molar-refractivity contribution in [3.8, 4) is 5.75 Å². The molecule has 1 rings (SSSR count). The van der Waals surface area contributed by atoms with Crippen molar-refractivity contribution >= 4 is 0 Å². The molecule has 0 amide bonds. The van der Waals surface area contributed by atoms with Crippen molar-refractivity contribution < 1.29 is 9.13 Å². The summed E-state index contributed by atoms with van der Waals surface area (Å²) < 4.78 is 18.8. The largest absolute Gasteiger partial charge is 0.490 e. The molecule has 0 bridgehead atoms. The third-order valence-corrected chi connectivity index (χ3v) is 2.21. The monoisotopic (exact) mass is 211 g/mol. The summed E-state index contributed by atoms with van der Waals surface area (Å²) in [7, 11) is 0. The lowest BCUT2D eigenvalue weighted by Crippen LogP contribution is -2.07. The van der Waals surface area contributed by atoms with E-state index in [9.17, 15) is 4.39 Å². The standard InChI is InChI=1S/C12H18FNO/c1-9(2)6-7-15-12-10(8-14)4-3-5-11(12)13/h3-5,9H,6-8,14H2,1-2H3. The number of nitrogens with two attached hydrogens (primary N) is 1. The zero-order chi connectivity index (χ0) is 11.3. The Morgan fingerprint density at radius 2 is 2.13 bits per heavy atom. The van der Waals surface area contributed by atoms with Crippen LogP contribution in [0.1, 0.15) is 25.8 Å². The lowest BCUT2D eigenvalue weighted by atomic mass is 10.1.